The van der Waals surface area contributed by atoms with Crippen molar-refractivity contribution in [3.63, 3.8) is 0 Å². The summed E-state index contributed by atoms with van der Waals surface area (Å²) in [5.74, 6) is -0.252. The number of pyridine rings is 1. The van der Waals surface area contributed by atoms with Gasteiger partial charge >= 0.3 is 0 Å². The number of thiocarbonyl (C=S) groups is 1. The SMILES string of the molecule is NC(=S)c1ccc(C(=O)NCc2cscn2)nc1. The minimum atomic E-state index is -0.252. The van der Waals surface area contributed by atoms with Crippen molar-refractivity contribution < 1.29 is 4.79 Å². The Bertz CT molecular complexity index is 551. The molecule has 0 aliphatic heterocycles. The van der Waals surface area contributed by atoms with E-state index in [1.165, 1.54) is 17.5 Å². The summed E-state index contributed by atoms with van der Waals surface area (Å²) in [4.78, 5) is 20.1. The van der Waals surface area contributed by atoms with Gasteiger partial charge in [0.15, 0.2) is 0 Å². The summed E-state index contributed by atoms with van der Waals surface area (Å²) in [7, 11) is 0. The van der Waals surface area contributed by atoms with Gasteiger partial charge in [-0.3, -0.25) is 9.78 Å². The first-order chi connectivity index (χ1) is 8.66. The number of nitrogens with zero attached hydrogens (tertiary/aromatic N) is 2. The highest BCUT2D eigenvalue weighted by Gasteiger charge is 2.07. The number of rotatable bonds is 4. The Labute approximate surface area is 113 Å². The molecule has 2 heterocycles. The van der Waals surface area contributed by atoms with Crippen LogP contribution in [0.25, 0.3) is 0 Å². The van der Waals surface area contributed by atoms with E-state index in [1.54, 1.807) is 17.6 Å². The van der Waals surface area contributed by atoms with Gasteiger partial charge in [0, 0.05) is 17.1 Å². The van der Waals surface area contributed by atoms with E-state index >= 15 is 0 Å². The number of carbonyl (C=O) groups excluding carboxylic acids is 1. The number of hydrogen-bond donors (Lipinski definition) is 2. The Kier molecular flexibility index (Phi) is 3.96. The average molecular weight is 278 g/mol. The van der Waals surface area contributed by atoms with Gasteiger partial charge < -0.3 is 11.1 Å². The highest BCUT2D eigenvalue weighted by atomic mass is 32.1. The van der Waals surface area contributed by atoms with Crippen LogP contribution in [0, 0.1) is 0 Å². The van der Waals surface area contributed by atoms with Gasteiger partial charge in [0.05, 0.1) is 17.7 Å². The maximum absolute atomic E-state index is 11.8. The van der Waals surface area contributed by atoms with Gasteiger partial charge in [0.1, 0.15) is 10.7 Å². The second-order valence-electron chi connectivity index (χ2n) is 3.46. The highest BCUT2D eigenvalue weighted by molar-refractivity contribution is 7.80. The van der Waals surface area contributed by atoms with Crippen LogP contribution in [0.3, 0.4) is 0 Å². The highest BCUT2D eigenvalue weighted by Crippen LogP contribution is 2.02. The van der Waals surface area contributed by atoms with Crippen molar-refractivity contribution >= 4 is 34.5 Å². The maximum Gasteiger partial charge on any atom is 0.270 e. The molecule has 0 radical (unpaired) electrons. The van der Waals surface area contributed by atoms with Crippen LogP contribution in [0.5, 0.6) is 0 Å². The van der Waals surface area contributed by atoms with Crippen LogP contribution >= 0.6 is 23.6 Å². The van der Waals surface area contributed by atoms with Crippen molar-refractivity contribution in [2.45, 2.75) is 6.54 Å². The van der Waals surface area contributed by atoms with Gasteiger partial charge in [0.25, 0.3) is 5.91 Å². The van der Waals surface area contributed by atoms with Crippen LogP contribution < -0.4 is 11.1 Å². The van der Waals surface area contributed by atoms with Crippen molar-refractivity contribution in [1.29, 1.82) is 0 Å². The molecule has 2 rings (SSSR count). The van der Waals surface area contributed by atoms with Gasteiger partial charge in [-0.25, -0.2) is 4.98 Å². The summed E-state index contributed by atoms with van der Waals surface area (Å²) in [5.41, 5.74) is 8.96. The number of thiazole rings is 1. The zero-order valence-corrected chi connectivity index (χ0v) is 10.9. The van der Waals surface area contributed by atoms with E-state index in [1.807, 2.05) is 5.38 Å². The Hall–Kier alpha value is -1.86. The first kappa shape index (κ1) is 12.6. The molecule has 7 heteroatoms. The summed E-state index contributed by atoms with van der Waals surface area (Å²) in [5, 5.41) is 4.61. The van der Waals surface area contributed by atoms with E-state index in [0.29, 0.717) is 17.8 Å². The number of nitrogens with one attached hydrogen (secondary N) is 1. The van der Waals surface area contributed by atoms with Crippen molar-refractivity contribution in [2.75, 3.05) is 0 Å². The summed E-state index contributed by atoms with van der Waals surface area (Å²) in [6.45, 7) is 0.390. The zero-order valence-electron chi connectivity index (χ0n) is 9.29. The lowest BCUT2D eigenvalue weighted by Crippen LogP contribution is -2.24. The van der Waals surface area contributed by atoms with E-state index in [4.69, 9.17) is 18.0 Å². The largest absolute Gasteiger partial charge is 0.389 e. The standard InChI is InChI=1S/C11H10N4OS2/c12-10(17)7-1-2-9(13-3-7)11(16)14-4-8-5-18-6-15-8/h1-3,5-6H,4H2,(H2,12,17)(H,14,16). The molecule has 5 nitrogen and oxygen atoms in total. The normalized spacial score (nSPS) is 10.0. The van der Waals surface area contributed by atoms with Crippen molar-refractivity contribution in [1.82, 2.24) is 15.3 Å². The quantitative estimate of drug-likeness (QED) is 0.819. The Morgan fingerprint density at radius 3 is 2.83 bits per heavy atom. The molecule has 3 N–H and O–H groups in total. The smallest absolute Gasteiger partial charge is 0.270 e. The topological polar surface area (TPSA) is 80.9 Å². The molecular formula is C11H10N4OS2. The fraction of sp³-hybridized carbons (Fsp3) is 0.0909. The molecule has 0 spiro atoms. The molecule has 18 heavy (non-hydrogen) atoms. The first-order valence-corrected chi connectivity index (χ1v) is 6.43. The lowest BCUT2D eigenvalue weighted by molar-refractivity contribution is 0.0945. The van der Waals surface area contributed by atoms with Crippen molar-refractivity contribution in [3.05, 3.63) is 46.2 Å². The minimum absolute atomic E-state index is 0.252. The summed E-state index contributed by atoms with van der Waals surface area (Å²) >= 11 is 6.29. The molecule has 0 atom stereocenters. The Morgan fingerprint density at radius 2 is 2.28 bits per heavy atom. The van der Waals surface area contributed by atoms with Crippen LogP contribution in [-0.4, -0.2) is 20.9 Å². The van der Waals surface area contributed by atoms with E-state index in [-0.39, 0.29) is 10.9 Å². The van der Waals surface area contributed by atoms with Crippen molar-refractivity contribution in [2.24, 2.45) is 5.73 Å². The molecule has 0 aromatic carbocycles. The lowest BCUT2D eigenvalue weighted by atomic mass is 10.2. The molecule has 92 valence electrons. The summed E-state index contributed by atoms with van der Waals surface area (Å²) in [6, 6.07) is 3.26. The zero-order chi connectivity index (χ0) is 13.0. The summed E-state index contributed by atoms with van der Waals surface area (Å²) < 4.78 is 0. The molecule has 2 aromatic rings. The Balaban J connectivity index is 1.98. The minimum Gasteiger partial charge on any atom is -0.389 e. The molecule has 1 amide bonds. The monoisotopic (exact) mass is 278 g/mol. The number of aromatic nitrogens is 2. The van der Waals surface area contributed by atoms with E-state index in [0.717, 1.165) is 5.69 Å². The molecule has 0 fully saturated rings. The maximum atomic E-state index is 11.8. The molecule has 2 aromatic heterocycles. The first-order valence-electron chi connectivity index (χ1n) is 5.08. The van der Waals surface area contributed by atoms with Crippen LogP contribution in [0.2, 0.25) is 0 Å². The fourth-order valence-electron chi connectivity index (χ4n) is 1.26. The molecule has 0 bridgehead atoms. The van der Waals surface area contributed by atoms with Crippen LogP contribution in [-0.2, 0) is 6.54 Å². The molecule has 0 unspecified atom stereocenters. The second-order valence-corrected chi connectivity index (χ2v) is 4.62. The third-order valence-electron chi connectivity index (χ3n) is 2.19. The third-order valence-corrected chi connectivity index (χ3v) is 3.07. The molecule has 0 saturated heterocycles. The average Bonchev–Trinajstić information content (AvgIpc) is 2.89. The summed E-state index contributed by atoms with van der Waals surface area (Å²) in [6.07, 6.45) is 1.49. The van der Waals surface area contributed by atoms with Gasteiger partial charge in [-0.1, -0.05) is 12.2 Å². The van der Waals surface area contributed by atoms with Crippen LogP contribution in [0.15, 0.2) is 29.2 Å². The molecule has 0 aliphatic rings. The van der Waals surface area contributed by atoms with E-state index in [9.17, 15) is 4.79 Å². The van der Waals surface area contributed by atoms with Gasteiger partial charge in [-0.05, 0) is 12.1 Å². The van der Waals surface area contributed by atoms with Crippen LogP contribution in [0.4, 0.5) is 0 Å². The van der Waals surface area contributed by atoms with Gasteiger partial charge in [0.2, 0.25) is 0 Å². The molecule has 0 saturated carbocycles. The molecule has 0 aliphatic carbocycles. The third kappa shape index (κ3) is 3.08. The Morgan fingerprint density at radius 1 is 1.44 bits per heavy atom. The number of hydrogen-bond acceptors (Lipinski definition) is 5. The predicted octanol–water partition coefficient (Wildman–Crippen LogP) is 1.10. The fourth-order valence-corrected chi connectivity index (χ4v) is 1.94. The second kappa shape index (κ2) is 5.65. The van der Waals surface area contributed by atoms with Gasteiger partial charge in [-0.2, -0.15) is 0 Å². The van der Waals surface area contributed by atoms with Gasteiger partial charge in [-0.15, -0.1) is 11.3 Å². The van der Waals surface area contributed by atoms with E-state index in [2.05, 4.69) is 15.3 Å². The molecular weight excluding hydrogens is 268 g/mol. The number of nitrogens with two attached hydrogens (primary N) is 1. The van der Waals surface area contributed by atoms with Crippen molar-refractivity contribution in [3.8, 4) is 0 Å². The number of amides is 1. The van der Waals surface area contributed by atoms with Crippen LogP contribution in [0.1, 0.15) is 21.7 Å². The lowest BCUT2D eigenvalue weighted by Gasteiger charge is -2.03. The number of carbonyl (C=O) groups is 1. The van der Waals surface area contributed by atoms with E-state index < -0.39 is 0 Å². The predicted molar refractivity (Wildman–Crippen MR) is 73.4 cm³/mol.